The third-order valence-corrected chi connectivity index (χ3v) is 8.63. The van der Waals surface area contributed by atoms with Gasteiger partial charge < -0.3 is 20.3 Å². The molecule has 4 aromatic rings. The molecule has 1 saturated heterocycles. The molecule has 0 spiro atoms. The minimum absolute atomic E-state index is 0.176. The summed E-state index contributed by atoms with van der Waals surface area (Å²) in [5.41, 5.74) is 1.15. The zero-order chi connectivity index (χ0) is 31.6. The Kier molecular flexibility index (Phi) is 8.92. The number of benzene rings is 2. The molecule has 10 nitrogen and oxygen atoms in total. The van der Waals surface area contributed by atoms with E-state index in [1.807, 2.05) is 56.3 Å². The van der Waals surface area contributed by atoms with Crippen LogP contribution in [0.1, 0.15) is 65.8 Å². The molecule has 0 unspecified atom stereocenters. The van der Waals surface area contributed by atoms with Crippen LogP contribution in [-0.2, 0) is 16.8 Å². The molecule has 1 aliphatic rings. The molecule has 232 valence electrons. The second-order valence-electron chi connectivity index (χ2n) is 12.7. The Morgan fingerprint density at radius 2 is 1.57 bits per heavy atom. The van der Waals surface area contributed by atoms with Crippen LogP contribution in [0.15, 0.2) is 60.7 Å². The minimum atomic E-state index is -0.762. The summed E-state index contributed by atoms with van der Waals surface area (Å²) in [6.45, 7) is 14.1. The molecule has 3 heterocycles. The molecular weight excluding hydrogens is 576 g/mol. The first-order valence-electron chi connectivity index (χ1n) is 14.7. The van der Waals surface area contributed by atoms with Gasteiger partial charge in [-0.3, -0.25) is 14.5 Å². The van der Waals surface area contributed by atoms with Gasteiger partial charge in [-0.25, -0.2) is 4.79 Å². The maximum atomic E-state index is 13.4. The van der Waals surface area contributed by atoms with Gasteiger partial charge in [0.05, 0.1) is 15.8 Å². The van der Waals surface area contributed by atoms with Crippen molar-refractivity contribution in [2.45, 2.75) is 52.3 Å². The number of thiophene rings is 1. The van der Waals surface area contributed by atoms with E-state index < -0.39 is 17.2 Å². The lowest BCUT2D eigenvalue weighted by Gasteiger charge is -2.32. The van der Waals surface area contributed by atoms with Gasteiger partial charge in [0.15, 0.2) is 5.82 Å². The van der Waals surface area contributed by atoms with Crippen LogP contribution >= 0.6 is 11.3 Å². The Balaban J connectivity index is 1.38. The van der Waals surface area contributed by atoms with Crippen molar-refractivity contribution < 1.29 is 19.1 Å². The molecule has 2 N–H and O–H groups in total. The van der Waals surface area contributed by atoms with Crippen molar-refractivity contribution in [3.63, 3.8) is 0 Å². The third kappa shape index (κ3) is 7.35. The summed E-state index contributed by atoms with van der Waals surface area (Å²) in [5.74, 6) is -0.492. The standard InChI is InChI=1S/C33H40N6O4S/c1-32(2,3)43-31(42)39-30-25(20-26(44-30)29(41)35-33(4,5)24-10-8-7-9-11-24)27(36-39)34-28(40)23-14-12-22(13-15-23)21-38-18-16-37(6)17-19-38/h7-15,20H,16-19,21H2,1-6H3,(H,35,41)(H,34,36,40). The first kappa shape index (κ1) is 31.4. The zero-order valence-electron chi connectivity index (χ0n) is 26.1. The van der Waals surface area contributed by atoms with Crippen LogP contribution in [-0.4, -0.2) is 76.3 Å². The van der Waals surface area contributed by atoms with E-state index in [1.165, 1.54) is 0 Å². The highest BCUT2D eigenvalue weighted by atomic mass is 32.1. The number of amides is 2. The van der Waals surface area contributed by atoms with Crippen molar-refractivity contribution in [2.75, 3.05) is 38.5 Å². The first-order valence-corrected chi connectivity index (χ1v) is 15.6. The van der Waals surface area contributed by atoms with Crippen molar-refractivity contribution in [2.24, 2.45) is 0 Å². The molecule has 0 aliphatic carbocycles. The van der Waals surface area contributed by atoms with Gasteiger partial charge in [-0.05, 0) is 71.0 Å². The molecule has 0 atom stereocenters. The highest BCUT2D eigenvalue weighted by molar-refractivity contribution is 7.20. The van der Waals surface area contributed by atoms with Gasteiger partial charge in [0.1, 0.15) is 10.4 Å². The van der Waals surface area contributed by atoms with Gasteiger partial charge in [0.2, 0.25) is 0 Å². The van der Waals surface area contributed by atoms with Crippen molar-refractivity contribution in [3.05, 3.63) is 82.2 Å². The van der Waals surface area contributed by atoms with Crippen LogP contribution in [0.25, 0.3) is 10.2 Å². The number of anilines is 1. The number of nitrogens with one attached hydrogen (secondary N) is 2. The van der Waals surface area contributed by atoms with Crippen LogP contribution in [0, 0.1) is 0 Å². The van der Waals surface area contributed by atoms with E-state index in [4.69, 9.17) is 4.74 Å². The highest BCUT2D eigenvalue weighted by Gasteiger charge is 2.28. The van der Waals surface area contributed by atoms with Crippen LogP contribution in [0.3, 0.4) is 0 Å². The topological polar surface area (TPSA) is 109 Å². The molecular formula is C33H40N6O4S. The number of rotatable bonds is 7. The van der Waals surface area contributed by atoms with E-state index in [0.717, 1.165) is 59.9 Å². The van der Waals surface area contributed by atoms with E-state index in [9.17, 15) is 14.4 Å². The third-order valence-electron chi connectivity index (χ3n) is 7.52. The normalized spacial score (nSPS) is 14.9. The maximum Gasteiger partial charge on any atom is 0.436 e. The lowest BCUT2D eigenvalue weighted by atomic mass is 9.94. The Morgan fingerprint density at radius 3 is 2.20 bits per heavy atom. The van der Waals surface area contributed by atoms with Crippen molar-refractivity contribution in [1.82, 2.24) is 24.9 Å². The summed E-state index contributed by atoms with van der Waals surface area (Å²) in [6, 6.07) is 18.8. The lowest BCUT2D eigenvalue weighted by molar-refractivity contribution is 0.0523. The van der Waals surface area contributed by atoms with Gasteiger partial charge in [-0.15, -0.1) is 16.4 Å². The average molecular weight is 617 g/mol. The fourth-order valence-corrected chi connectivity index (χ4v) is 6.01. The van der Waals surface area contributed by atoms with Gasteiger partial charge >= 0.3 is 6.09 Å². The fourth-order valence-electron chi connectivity index (χ4n) is 5.02. The summed E-state index contributed by atoms with van der Waals surface area (Å²) < 4.78 is 6.68. The van der Waals surface area contributed by atoms with E-state index in [2.05, 4.69) is 32.6 Å². The van der Waals surface area contributed by atoms with Gasteiger partial charge in [-0.2, -0.15) is 4.68 Å². The summed E-state index contributed by atoms with van der Waals surface area (Å²) in [7, 11) is 2.13. The van der Waals surface area contributed by atoms with Gasteiger partial charge in [0.25, 0.3) is 11.8 Å². The largest absolute Gasteiger partial charge is 0.442 e. The van der Waals surface area contributed by atoms with E-state index >= 15 is 0 Å². The molecule has 0 saturated carbocycles. The summed E-state index contributed by atoms with van der Waals surface area (Å²) >= 11 is 1.11. The fraction of sp³-hybridized carbons (Fsp3) is 0.394. The average Bonchev–Trinajstić information content (AvgIpc) is 3.55. The predicted octanol–water partition coefficient (Wildman–Crippen LogP) is 5.55. The quantitative estimate of drug-likeness (QED) is 0.281. The predicted molar refractivity (Wildman–Crippen MR) is 173 cm³/mol. The molecule has 5 rings (SSSR count). The summed E-state index contributed by atoms with van der Waals surface area (Å²) in [4.78, 5) is 45.4. The van der Waals surface area contributed by atoms with Crippen molar-refractivity contribution >= 4 is 45.3 Å². The molecule has 2 aromatic carbocycles. The molecule has 2 amide bonds. The number of ether oxygens (including phenoxy) is 1. The number of nitrogens with zero attached hydrogens (tertiary/aromatic N) is 4. The zero-order valence-corrected chi connectivity index (χ0v) is 27.0. The van der Waals surface area contributed by atoms with E-state index in [-0.39, 0.29) is 17.6 Å². The van der Waals surface area contributed by atoms with E-state index in [0.29, 0.717) is 20.7 Å². The number of carbonyl (C=O) groups excluding carboxylic acids is 3. The number of piperazine rings is 1. The molecule has 1 fully saturated rings. The highest BCUT2D eigenvalue weighted by Crippen LogP contribution is 2.33. The lowest BCUT2D eigenvalue weighted by Crippen LogP contribution is -2.43. The monoisotopic (exact) mass is 616 g/mol. The van der Waals surface area contributed by atoms with Crippen LogP contribution < -0.4 is 10.6 Å². The molecule has 44 heavy (non-hydrogen) atoms. The van der Waals surface area contributed by atoms with E-state index in [1.54, 1.807) is 39.0 Å². The number of likely N-dealkylation sites (N-methyl/N-ethyl adjacent to an activating group) is 1. The second kappa shape index (κ2) is 12.5. The van der Waals surface area contributed by atoms with Gasteiger partial charge in [0, 0.05) is 38.3 Å². The number of aromatic nitrogens is 2. The SMILES string of the molecule is CN1CCN(Cc2ccc(C(=O)Nc3nn(C(=O)OC(C)(C)C)c4sc(C(=O)NC(C)(C)c5ccccc5)cc34)cc2)CC1. The van der Waals surface area contributed by atoms with Crippen LogP contribution in [0.4, 0.5) is 10.6 Å². The van der Waals surface area contributed by atoms with Crippen molar-refractivity contribution in [1.29, 1.82) is 0 Å². The minimum Gasteiger partial charge on any atom is -0.442 e. The Labute approximate surface area is 262 Å². The van der Waals surface area contributed by atoms with Gasteiger partial charge in [-0.1, -0.05) is 42.5 Å². The summed E-state index contributed by atoms with van der Waals surface area (Å²) in [6.07, 6.45) is -0.699. The number of fused-ring (bicyclic) bond motifs is 1. The maximum absolute atomic E-state index is 13.4. The van der Waals surface area contributed by atoms with Crippen molar-refractivity contribution in [3.8, 4) is 0 Å². The Morgan fingerprint density at radius 1 is 0.909 bits per heavy atom. The Hall–Kier alpha value is -4.06. The smallest absolute Gasteiger partial charge is 0.436 e. The molecule has 0 radical (unpaired) electrons. The molecule has 11 heteroatoms. The second-order valence-corrected chi connectivity index (χ2v) is 13.8. The number of carbonyl (C=O) groups is 3. The van der Waals surface area contributed by atoms with Crippen LogP contribution in [0.2, 0.25) is 0 Å². The Bertz CT molecular complexity index is 1650. The molecule has 1 aliphatic heterocycles. The number of hydrogen-bond acceptors (Lipinski definition) is 8. The summed E-state index contributed by atoms with van der Waals surface area (Å²) in [5, 5.41) is 10.8. The van der Waals surface area contributed by atoms with Crippen LogP contribution in [0.5, 0.6) is 0 Å². The molecule has 2 aromatic heterocycles. The number of hydrogen-bond donors (Lipinski definition) is 2. The molecule has 0 bridgehead atoms. The first-order chi connectivity index (χ1) is 20.8.